The van der Waals surface area contributed by atoms with E-state index in [1.807, 2.05) is 55.4 Å². The zero-order valence-corrected chi connectivity index (χ0v) is 21.4. The number of benzene rings is 1. The quantitative estimate of drug-likeness (QED) is 0.282. The van der Waals surface area contributed by atoms with Gasteiger partial charge in [-0.15, -0.1) is 35.3 Å². The van der Waals surface area contributed by atoms with Crippen molar-refractivity contribution in [2.75, 3.05) is 32.6 Å². The molecule has 2 aromatic rings. The van der Waals surface area contributed by atoms with E-state index >= 15 is 0 Å². The van der Waals surface area contributed by atoms with Gasteiger partial charge in [0, 0.05) is 31.8 Å². The third-order valence-corrected chi connectivity index (χ3v) is 5.41. The van der Waals surface area contributed by atoms with Crippen LogP contribution >= 0.6 is 35.3 Å². The van der Waals surface area contributed by atoms with E-state index in [9.17, 15) is 4.79 Å². The number of aliphatic imine (C=N–C) groups is 1. The van der Waals surface area contributed by atoms with Crippen molar-refractivity contribution < 1.29 is 9.53 Å². The fourth-order valence-corrected chi connectivity index (χ4v) is 3.53. The van der Waals surface area contributed by atoms with E-state index in [-0.39, 0.29) is 42.5 Å². The monoisotopic (exact) mass is 545 g/mol. The third kappa shape index (κ3) is 8.19. The first kappa shape index (κ1) is 26.3. The van der Waals surface area contributed by atoms with Crippen molar-refractivity contribution in [3.63, 3.8) is 0 Å². The van der Waals surface area contributed by atoms with Crippen LogP contribution in [0.2, 0.25) is 0 Å². The average Bonchev–Trinajstić information content (AvgIpc) is 3.19. The molecule has 0 bridgehead atoms. The van der Waals surface area contributed by atoms with Gasteiger partial charge >= 0.3 is 0 Å². The molecule has 2 N–H and O–H groups in total. The molecule has 30 heavy (non-hydrogen) atoms. The lowest BCUT2D eigenvalue weighted by Crippen LogP contribution is -2.39. The molecule has 1 amide bonds. The number of carbonyl (C=O) groups excluding carboxylic acids is 1. The molecule has 0 aliphatic rings. The second-order valence-corrected chi connectivity index (χ2v) is 7.57. The molecule has 1 aromatic heterocycles. The molecule has 0 radical (unpaired) electrons. The van der Waals surface area contributed by atoms with E-state index in [2.05, 4.69) is 27.5 Å². The van der Waals surface area contributed by atoms with Crippen molar-refractivity contribution in [3.8, 4) is 0 Å². The highest BCUT2D eigenvalue weighted by molar-refractivity contribution is 14.0. The van der Waals surface area contributed by atoms with Gasteiger partial charge in [-0.25, -0.2) is 9.98 Å². The number of ether oxygens (including phenoxy) is 1. The summed E-state index contributed by atoms with van der Waals surface area (Å²) in [4.78, 5) is 23.4. The fraction of sp³-hybridized carbons (Fsp3) is 0.476. The number of guanidine groups is 1. The Hall–Kier alpha value is -1.72. The molecule has 2 rings (SSSR count). The normalized spacial score (nSPS) is 12.1. The topological polar surface area (TPSA) is 78.9 Å². The molecule has 0 aliphatic heterocycles. The average molecular weight is 545 g/mol. The number of nitrogens with one attached hydrogen (secondary N) is 2. The van der Waals surface area contributed by atoms with Crippen LogP contribution in [0.15, 0.2) is 34.6 Å². The van der Waals surface area contributed by atoms with E-state index in [1.54, 1.807) is 18.4 Å². The molecule has 0 fully saturated rings. The number of anilines is 1. The van der Waals surface area contributed by atoms with E-state index in [0.29, 0.717) is 19.0 Å². The van der Waals surface area contributed by atoms with E-state index < -0.39 is 0 Å². The molecule has 166 valence electrons. The summed E-state index contributed by atoms with van der Waals surface area (Å²) in [5.74, 6) is 0.520. The Bertz CT molecular complexity index is 827. The zero-order valence-electron chi connectivity index (χ0n) is 18.3. The SMILES string of the molecule is CCNC(=NCC(=O)Nc1cccc(CC)c1)N(C)Cc1csc(C(C)OC)n1.I. The van der Waals surface area contributed by atoms with Gasteiger partial charge in [-0.2, -0.15) is 0 Å². The van der Waals surface area contributed by atoms with Crippen LogP contribution in [-0.4, -0.2) is 49.0 Å². The molecule has 9 heteroatoms. The number of halogens is 1. The van der Waals surface area contributed by atoms with E-state index in [1.165, 1.54) is 5.56 Å². The van der Waals surface area contributed by atoms with Gasteiger partial charge in [0.15, 0.2) is 5.96 Å². The maximum atomic E-state index is 12.3. The van der Waals surface area contributed by atoms with Crippen molar-refractivity contribution in [2.45, 2.75) is 39.8 Å². The Morgan fingerprint density at radius 3 is 2.80 bits per heavy atom. The molecule has 0 saturated carbocycles. The predicted octanol–water partition coefficient (Wildman–Crippen LogP) is 4.07. The van der Waals surface area contributed by atoms with Gasteiger partial charge < -0.3 is 20.3 Å². The fourth-order valence-electron chi connectivity index (χ4n) is 2.69. The molecular weight excluding hydrogens is 513 g/mol. The smallest absolute Gasteiger partial charge is 0.246 e. The maximum Gasteiger partial charge on any atom is 0.246 e. The van der Waals surface area contributed by atoms with Crippen LogP contribution in [0, 0.1) is 0 Å². The summed E-state index contributed by atoms with van der Waals surface area (Å²) in [5, 5.41) is 9.11. The minimum atomic E-state index is -0.146. The number of amides is 1. The molecular formula is C21H32IN5O2S. The number of methoxy groups -OCH3 is 1. The van der Waals surface area contributed by atoms with Gasteiger partial charge in [-0.05, 0) is 38.0 Å². The third-order valence-electron chi connectivity index (χ3n) is 4.36. The molecule has 1 aromatic carbocycles. The lowest BCUT2D eigenvalue weighted by Gasteiger charge is -2.21. The first-order valence-electron chi connectivity index (χ1n) is 9.82. The number of carbonyl (C=O) groups is 1. The Kier molecular flexibility index (Phi) is 11.9. The number of thiazole rings is 1. The van der Waals surface area contributed by atoms with Crippen LogP contribution in [-0.2, 0) is 22.5 Å². The second-order valence-electron chi connectivity index (χ2n) is 6.68. The summed E-state index contributed by atoms with van der Waals surface area (Å²) in [6, 6.07) is 7.87. The van der Waals surface area contributed by atoms with Gasteiger partial charge in [-0.1, -0.05) is 19.1 Å². The van der Waals surface area contributed by atoms with Crippen molar-refractivity contribution >= 4 is 52.9 Å². The summed E-state index contributed by atoms with van der Waals surface area (Å²) >= 11 is 1.58. The summed E-state index contributed by atoms with van der Waals surface area (Å²) < 4.78 is 5.32. The number of hydrogen-bond acceptors (Lipinski definition) is 5. The summed E-state index contributed by atoms with van der Waals surface area (Å²) in [6.45, 7) is 7.43. The van der Waals surface area contributed by atoms with Crippen LogP contribution in [0.5, 0.6) is 0 Å². The zero-order chi connectivity index (χ0) is 21.2. The number of nitrogens with zero attached hydrogens (tertiary/aromatic N) is 3. The molecule has 7 nitrogen and oxygen atoms in total. The minimum Gasteiger partial charge on any atom is -0.375 e. The predicted molar refractivity (Wildman–Crippen MR) is 135 cm³/mol. The molecule has 1 atom stereocenters. The standard InChI is InChI=1S/C21H31N5O2S.HI/c1-6-16-9-8-10-17(11-16)24-19(27)12-23-21(22-7-2)26(4)13-18-14-29-20(25-18)15(3)28-5;/h8-11,14-15H,6-7,12-13H2,1-5H3,(H,22,23)(H,24,27);1H. The Labute approximate surface area is 200 Å². The van der Waals surface area contributed by atoms with Crippen molar-refractivity contribution in [2.24, 2.45) is 4.99 Å². The lowest BCUT2D eigenvalue weighted by atomic mass is 10.1. The number of aryl methyl sites for hydroxylation is 1. The summed E-state index contributed by atoms with van der Waals surface area (Å²) in [7, 11) is 3.61. The largest absolute Gasteiger partial charge is 0.375 e. The lowest BCUT2D eigenvalue weighted by molar-refractivity contribution is -0.114. The van der Waals surface area contributed by atoms with Crippen LogP contribution in [0.4, 0.5) is 5.69 Å². The van der Waals surface area contributed by atoms with E-state index in [4.69, 9.17) is 4.74 Å². The molecule has 1 heterocycles. The van der Waals surface area contributed by atoms with Gasteiger partial charge in [0.05, 0.1) is 12.2 Å². The van der Waals surface area contributed by atoms with Crippen LogP contribution in [0.25, 0.3) is 0 Å². The van der Waals surface area contributed by atoms with Crippen LogP contribution in [0.1, 0.15) is 43.1 Å². The Morgan fingerprint density at radius 2 is 2.13 bits per heavy atom. The van der Waals surface area contributed by atoms with Crippen molar-refractivity contribution in [1.82, 2.24) is 15.2 Å². The summed E-state index contributed by atoms with van der Waals surface area (Å²) in [5.41, 5.74) is 2.93. The number of rotatable bonds is 9. The second kappa shape index (κ2) is 13.6. The van der Waals surface area contributed by atoms with Gasteiger partial charge in [0.25, 0.3) is 0 Å². The molecule has 0 spiro atoms. The first-order valence-corrected chi connectivity index (χ1v) is 10.7. The highest BCUT2D eigenvalue weighted by atomic mass is 127. The number of hydrogen-bond donors (Lipinski definition) is 2. The number of aromatic nitrogens is 1. The molecule has 0 saturated heterocycles. The van der Waals surface area contributed by atoms with E-state index in [0.717, 1.165) is 22.8 Å². The molecule has 1 unspecified atom stereocenters. The Balaban J connectivity index is 0.00000450. The van der Waals surface area contributed by atoms with Gasteiger partial charge in [0.2, 0.25) is 5.91 Å². The first-order chi connectivity index (χ1) is 14.0. The summed E-state index contributed by atoms with van der Waals surface area (Å²) in [6.07, 6.45) is 0.912. The van der Waals surface area contributed by atoms with Gasteiger partial charge in [-0.3, -0.25) is 4.79 Å². The Morgan fingerprint density at radius 1 is 1.37 bits per heavy atom. The van der Waals surface area contributed by atoms with Crippen molar-refractivity contribution in [1.29, 1.82) is 0 Å². The minimum absolute atomic E-state index is 0. The maximum absolute atomic E-state index is 12.3. The van der Waals surface area contributed by atoms with Crippen molar-refractivity contribution in [3.05, 3.63) is 45.9 Å². The molecule has 0 aliphatic carbocycles. The van der Waals surface area contributed by atoms with Crippen LogP contribution < -0.4 is 10.6 Å². The highest BCUT2D eigenvalue weighted by Gasteiger charge is 2.13. The van der Waals surface area contributed by atoms with Gasteiger partial charge in [0.1, 0.15) is 17.7 Å². The highest BCUT2D eigenvalue weighted by Crippen LogP contribution is 2.21. The van der Waals surface area contributed by atoms with Crippen LogP contribution in [0.3, 0.4) is 0 Å².